The Morgan fingerprint density at radius 2 is 1.54 bits per heavy atom. The molecule has 0 aliphatic carbocycles. The normalized spacial score (nSPS) is 13.5. The van der Waals surface area contributed by atoms with Crippen LogP contribution in [0.25, 0.3) is 10.9 Å². The highest BCUT2D eigenvalue weighted by Crippen LogP contribution is 2.35. The van der Waals surface area contributed by atoms with Crippen molar-refractivity contribution in [2.45, 2.75) is 138 Å². The van der Waals surface area contributed by atoms with E-state index in [1.165, 1.54) is 59.5 Å². The van der Waals surface area contributed by atoms with Gasteiger partial charge in [0.2, 0.25) is 0 Å². The summed E-state index contributed by atoms with van der Waals surface area (Å²) in [6.07, 6.45) is 6.88. The summed E-state index contributed by atoms with van der Waals surface area (Å²) in [4.78, 5) is 6.92. The SMILES string of the molecule is C=C(/C=C(\N=C(C)CCC)C(F)(F)F)C(F)(F)F.C=C(/C=C\C(=C/CCC)[C@H](C)c1[nH]c2ccc(Br)cc2c1CCCC)CC.CCCOCCC. The van der Waals surface area contributed by atoms with Gasteiger partial charge in [-0.05, 0) is 87.3 Å². The lowest BCUT2D eigenvalue weighted by atomic mass is 9.90. The standard InChI is InChI=1S/C25H34BrN.C11H13F6N.C6H14O/c1-6-9-11-20(14-13-18(4)8-3)19(5)25-22(12-10-7-2)23-17-21(26)15-16-24(23)27-25;1-4-5-8(3)18-9(11(15,16)17)6-7(2)10(12,13)14;1-3-5-7-6-4-2/h11,13-17,19,27H,4,6-10,12H2,1-3,5H3;6H,2,4-5H2,1,3H3;3-6H2,1-2H3/b14-13-,20-11+;9-6-,18-8?;/t19-;;/m0../s1. The first-order valence-corrected chi connectivity index (χ1v) is 19.2. The van der Waals surface area contributed by atoms with E-state index in [-0.39, 0.29) is 18.2 Å². The van der Waals surface area contributed by atoms with Crippen LogP contribution in [0.5, 0.6) is 0 Å². The minimum Gasteiger partial charge on any atom is -0.381 e. The second kappa shape index (κ2) is 26.0. The topological polar surface area (TPSA) is 37.4 Å². The third-order valence-electron chi connectivity index (χ3n) is 7.83. The van der Waals surface area contributed by atoms with E-state index < -0.39 is 23.6 Å². The summed E-state index contributed by atoms with van der Waals surface area (Å²) < 4.78 is 80.1. The number of ether oxygens (including phenoxy) is 1. The van der Waals surface area contributed by atoms with E-state index in [9.17, 15) is 26.3 Å². The average Bonchev–Trinajstić information content (AvgIpc) is 3.44. The van der Waals surface area contributed by atoms with E-state index in [4.69, 9.17) is 4.74 Å². The third kappa shape index (κ3) is 19.3. The van der Waals surface area contributed by atoms with E-state index in [2.05, 4.69) is 117 Å². The molecule has 0 saturated heterocycles. The van der Waals surface area contributed by atoms with Crippen LogP contribution in [0.2, 0.25) is 0 Å². The van der Waals surface area contributed by atoms with Crippen molar-refractivity contribution in [3.05, 3.63) is 93.8 Å². The van der Waals surface area contributed by atoms with Crippen molar-refractivity contribution in [1.29, 1.82) is 0 Å². The summed E-state index contributed by atoms with van der Waals surface area (Å²) in [7, 11) is 0. The number of nitrogens with zero attached hydrogens (tertiary/aromatic N) is 1. The highest BCUT2D eigenvalue weighted by Gasteiger charge is 2.38. The zero-order chi connectivity index (χ0) is 39.9. The Kier molecular flexibility index (Phi) is 24.6. The zero-order valence-corrected chi connectivity index (χ0v) is 34.1. The Hall–Kier alpha value is -2.85. The molecular weight excluding hydrogens is 742 g/mol. The molecule has 0 aliphatic rings. The first-order chi connectivity index (χ1) is 24.4. The van der Waals surface area contributed by atoms with Crippen LogP contribution in [0, 0.1) is 0 Å². The van der Waals surface area contributed by atoms with Gasteiger partial charge < -0.3 is 9.72 Å². The number of unbranched alkanes of at least 4 members (excludes halogenated alkanes) is 2. The van der Waals surface area contributed by atoms with Crippen LogP contribution in [0.4, 0.5) is 26.3 Å². The van der Waals surface area contributed by atoms with Crippen molar-refractivity contribution in [3.8, 4) is 0 Å². The van der Waals surface area contributed by atoms with Gasteiger partial charge in [-0.25, -0.2) is 0 Å². The van der Waals surface area contributed by atoms with Crippen LogP contribution in [-0.2, 0) is 11.2 Å². The number of aliphatic imine (C=N–C) groups is 1. The first kappa shape index (κ1) is 49.1. The van der Waals surface area contributed by atoms with Gasteiger partial charge >= 0.3 is 12.4 Å². The van der Waals surface area contributed by atoms with Gasteiger partial charge in [0.25, 0.3) is 0 Å². The molecule has 0 radical (unpaired) electrons. The number of fused-ring (bicyclic) bond motifs is 1. The monoisotopic (exact) mass is 802 g/mol. The maximum Gasteiger partial charge on any atom is 0.433 e. The average molecular weight is 804 g/mol. The van der Waals surface area contributed by atoms with Gasteiger partial charge in [0.05, 0.1) is 5.57 Å². The molecule has 0 bridgehead atoms. The van der Waals surface area contributed by atoms with Gasteiger partial charge in [0.15, 0.2) is 0 Å². The highest BCUT2D eigenvalue weighted by molar-refractivity contribution is 9.10. The van der Waals surface area contributed by atoms with Crippen molar-refractivity contribution in [2.75, 3.05) is 13.2 Å². The molecule has 2 aromatic rings. The molecule has 1 aromatic carbocycles. The molecule has 1 N–H and O–H groups in total. The van der Waals surface area contributed by atoms with E-state index in [0.29, 0.717) is 12.3 Å². The molecule has 52 heavy (non-hydrogen) atoms. The predicted molar refractivity (Wildman–Crippen MR) is 213 cm³/mol. The smallest absolute Gasteiger partial charge is 0.381 e. The number of hydrogen-bond acceptors (Lipinski definition) is 2. The quantitative estimate of drug-likeness (QED) is 0.0693. The maximum absolute atomic E-state index is 12.5. The summed E-state index contributed by atoms with van der Waals surface area (Å²) in [5.41, 5.74) is 3.60. The fourth-order valence-electron chi connectivity index (χ4n) is 4.87. The molecule has 1 atom stereocenters. The number of rotatable bonds is 18. The van der Waals surface area contributed by atoms with Crippen LogP contribution < -0.4 is 0 Å². The first-order valence-electron chi connectivity index (χ1n) is 18.4. The van der Waals surface area contributed by atoms with Crippen molar-refractivity contribution in [2.24, 2.45) is 4.99 Å². The largest absolute Gasteiger partial charge is 0.433 e. The van der Waals surface area contributed by atoms with Crippen LogP contribution in [0.3, 0.4) is 0 Å². The highest BCUT2D eigenvalue weighted by atomic mass is 79.9. The van der Waals surface area contributed by atoms with Gasteiger partial charge in [-0.3, -0.25) is 4.99 Å². The number of aromatic nitrogens is 1. The minimum atomic E-state index is -4.94. The fraction of sp³-hybridized carbons (Fsp3) is 0.548. The van der Waals surface area contributed by atoms with E-state index in [0.717, 1.165) is 49.8 Å². The molecular formula is C42H61BrF6N2O. The minimum absolute atomic E-state index is 0.0842. The Bertz CT molecular complexity index is 1470. The summed E-state index contributed by atoms with van der Waals surface area (Å²) >= 11 is 3.65. The molecule has 0 aliphatic heterocycles. The van der Waals surface area contributed by atoms with Gasteiger partial charge in [-0.15, -0.1) is 0 Å². The van der Waals surface area contributed by atoms with Crippen molar-refractivity contribution >= 4 is 32.5 Å². The number of benzene rings is 1. The Balaban J connectivity index is 0.000000894. The van der Waals surface area contributed by atoms with Gasteiger partial charge in [-0.2, -0.15) is 26.3 Å². The summed E-state index contributed by atoms with van der Waals surface area (Å²) in [6.45, 7) is 24.8. The third-order valence-corrected chi connectivity index (χ3v) is 8.33. The Morgan fingerprint density at radius 1 is 0.904 bits per heavy atom. The number of nitrogens with one attached hydrogen (secondary N) is 1. The molecule has 0 saturated carbocycles. The molecule has 0 fully saturated rings. The lowest BCUT2D eigenvalue weighted by molar-refractivity contribution is -0.0959. The summed E-state index contributed by atoms with van der Waals surface area (Å²) in [5.74, 6) is 0.343. The fourth-order valence-corrected chi connectivity index (χ4v) is 5.23. The molecule has 0 unspecified atom stereocenters. The van der Waals surface area contributed by atoms with Crippen LogP contribution >= 0.6 is 15.9 Å². The lowest BCUT2D eigenvalue weighted by Gasteiger charge is -2.15. The van der Waals surface area contributed by atoms with Gasteiger partial charge in [-0.1, -0.05) is 121 Å². The van der Waals surface area contributed by atoms with E-state index in [1.54, 1.807) is 6.92 Å². The van der Waals surface area contributed by atoms with Gasteiger partial charge in [0, 0.05) is 45.9 Å². The molecule has 0 spiro atoms. The van der Waals surface area contributed by atoms with Gasteiger partial charge in [0.1, 0.15) is 5.70 Å². The summed E-state index contributed by atoms with van der Waals surface area (Å²) in [6, 6.07) is 6.57. The zero-order valence-electron chi connectivity index (χ0n) is 32.5. The van der Waals surface area contributed by atoms with E-state index in [1.807, 2.05) is 0 Å². The number of aromatic amines is 1. The van der Waals surface area contributed by atoms with Crippen molar-refractivity contribution in [3.63, 3.8) is 0 Å². The number of allylic oxidation sites excluding steroid dienone is 8. The summed E-state index contributed by atoms with van der Waals surface area (Å²) in [5, 5.41) is 1.36. The molecule has 10 heteroatoms. The lowest BCUT2D eigenvalue weighted by Crippen LogP contribution is -2.15. The Morgan fingerprint density at radius 3 is 2.04 bits per heavy atom. The molecule has 2 rings (SSSR count). The molecule has 0 amide bonds. The van der Waals surface area contributed by atoms with Crippen LogP contribution in [0.15, 0.2) is 87.5 Å². The second-order valence-electron chi connectivity index (χ2n) is 12.6. The number of alkyl halides is 6. The number of aryl methyl sites for hydroxylation is 1. The van der Waals surface area contributed by atoms with Crippen molar-refractivity contribution in [1.82, 2.24) is 4.98 Å². The number of H-pyrrole nitrogens is 1. The maximum atomic E-state index is 12.5. The Labute approximate surface area is 317 Å². The molecule has 1 heterocycles. The second-order valence-corrected chi connectivity index (χ2v) is 13.5. The molecule has 3 nitrogen and oxygen atoms in total. The van der Waals surface area contributed by atoms with Crippen LogP contribution in [-0.4, -0.2) is 36.3 Å². The molecule has 294 valence electrons. The number of hydrogen-bond donors (Lipinski definition) is 1. The van der Waals surface area contributed by atoms with E-state index >= 15 is 0 Å². The number of halogens is 7. The predicted octanol–water partition coefficient (Wildman–Crippen LogP) is 15.3. The van der Waals surface area contributed by atoms with Crippen molar-refractivity contribution < 1.29 is 31.1 Å². The van der Waals surface area contributed by atoms with Crippen LogP contribution in [0.1, 0.15) is 130 Å². The molecule has 1 aromatic heterocycles.